The Morgan fingerprint density at radius 3 is 2.62 bits per heavy atom. The number of ether oxygens (including phenoxy) is 2. The molecule has 26 heavy (non-hydrogen) atoms. The minimum absolute atomic E-state index is 0.0238. The van der Waals surface area contributed by atoms with Gasteiger partial charge in [-0.15, -0.1) is 0 Å². The number of rotatable bonds is 5. The van der Waals surface area contributed by atoms with Crippen LogP contribution in [0.5, 0.6) is 11.5 Å². The van der Waals surface area contributed by atoms with Crippen LogP contribution in [0.1, 0.15) is 25.0 Å². The van der Waals surface area contributed by atoms with Gasteiger partial charge in [0.25, 0.3) is 11.9 Å². The molecule has 0 radical (unpaired) electrons. The van der Waals surface area contributed by atoms with Crippen LogP contribution in [-0.2, 0) is 6.42 Å². The standard InChI is InChI=1S/C17H15F4N3O2/c1-3-25-11-5-9-4-8(2)26-12(9)6-10(11)7-22-24-15-13(18)16(20)23-17(21)14(15)19/h5-8H,3-4H2,1-2H3,(H,23,24)/b22-7-/t8-/m0/s1. The lowest BCUT2D eigenvalue weighted by Crippen LogP contribution is -2.06. The predicted octanol–water partition coefficient (Wildman–Crippen LogP) is 3.81. The van der Waals surface area contributed by atoms with Crippen LogP contribution in [0.25, 0.3) is 0 Å². The molecule has 0 bridgehead atoms. The lowest BCUT2D eigenvalue weighted by atomic mass is 10.1. The van der Waals surface area contributed by atoms with E-state index in [1.165, 1.54) is 6.21 Å². The number of nitrogens with zero attached hydrogens (tertiary/aromatic N) is 2. The Morgan fingerprint density at radius 1 is 1.27 bits per heavy atom. The third-order valence-corrected chi connectivity index (χ3v) is 3.71. The van der Waals surface area contributed by atoms with E-state index in [4.69, 9.17) is 9.47 Å². The zero-order valence-electron chi connectivity index (χ0n) is 13.9. The molecule has 1 aliphatic rings. The molecule has 138 valence electrons. The van der Waals surface area contributed by atoms with Crippen LogP contribution in [-0.4, -0.2) is 23.9 Å². The van der Waals surface area contributed by atoms with Gasteiger partial charge in [0.1, 0.15) is 23.3 Å². The van der Waals surface area contributed by atoms with Gasteiger partial charge in [-0.05, 0) is 26.0 Å². The minimum atomic E-state index is -1.77. The topological polar surface area (TPSA) is 55.7 Å². The Morgan fingerprint density at radius 2 is 1.96 bits per heavy atom. The average molecular weight is 369 g/mol. The van der Waals surface area contributed by atoms with Crippen molar-refractivity contribution in [3.8, 4) is 11.5 Å². The molecule has 9 heteroatoms. The molecule has 1 aromatic heterocycles. The number of benzene rings is 1. The van der Waals surface area contributed by atoms with Crippen molar-refractivity contribution in [2.75, 3.05) is 12.0 Å². The average Bonchev–Trinajstić information content (AvgIpc) is 2.95. The number of pyridine rings is 1. The molecule has 0 unspecified atom stereocenters. The Balaban J connectivity index is 1.89. The van der Waals surface area contributed by atoms with Gasteiger partial charge >= 0.3 is 0 Å². The molecule has 0 spiro atoms. The summed E-state index contributed by atoms with van der Waals surface area (Å²) < 4.78 is 64.5. The van der Waals surface area contributed by atoms with Gasteiger partial charge < -0.3 is 9.47 Å². The van der Waals surface area contributed by atoms with Crippen molar-refractivity contribution in [3.63, 3.8) is 0 Å². The summed E-state index contributed by atoms with van der Waals surface area (Å²) in [6.45, 7) is 4.13. The zero-order chi connectivity index (χ0) is 18.8. The van der Waals surface area contributed by atoms with Crippen molar-refractivity contribution in [2.24, 2.45) is 5.10 Å². The second-order valence-electron chi connectivity index (χ2n) is 5.63. The van der Waals surface area contributed by atoms with Gasteiger partial charge in [0.15, 0.2) is 0 Å². The van der Waals surface area contributed by atoms with Gasteiger partial charge in [-0.25, -0.2) is 0 Å². The molecule has 0 fully saturated rings. The van der Waals surface area contributed by atoms with E-state index in [1.807, 2.05) is 12.3 Å². The van der Waals surface area contributed by atoms with Crippen LogP contribution in [0.3, 0.4) is 0 Å². The lowest BCUT2D eigenvalue weighted by molar-refractivity contribution is 0.254. The summed E-state index contributed by atoms with van der Waals surface area (Å²) in [6.07, 6.45) is 1.97. The quantitative estimate of drug-likeness (QED) is 0.377. The lowest BCUT2D eigenvalue weighted by Gasteiger charge is -2.10. The third kappa shape index (κ3) is 3.42. The van der Waals surface area contributed by atoms with E-state index in [-0.39, 0.29) is 6.10 Å². The smallest absolute Gasteiger partial charge is 0.254 e. The summed E-state index contributed by atoms with van der Waals surface area (Å²) in [6, 6.07) is 3.48. The minimum Gasteiger partial charge on any atom is -0.493 e. The molecule has 0 saturated heterocycles. The monoisotopic (exact) mass is 369 g/mol. The van der Waals surface area contributed by atoms with E-state index in [2.05, 4.69) is 10.1 Å². The number of nitrogens with one attached hydrogen (secondary N) is 1. The molecule has 1 aliphatic heterocycles. The second kappa shape index (κ2) is 7.19. The predicted molar refractivity (Wildman–Crippen MR) is 86.7 cm³/mol. The SMILES string of the molecule is CCOc1cc2c(cc1/C=N\Nc1c(F)c(F)nc(F)c1F)O[C@@H](C)C2. The van der Waals surface area contributed by atoms with Crippen molar-refractivity contribution in [1.29, 1.82) is 0 Å². The van der Waals surface area contributed by atoms with Crippen LogP contribution >= 0.6 is 0 Å². The van der Waals surface area contributed by atoms with Gasteiger partial charge in [-0.1, -0.05) is 0 Å². The first-order valence-corrected chi connectivity index (χ1v) is 7.86. The molecule has 3 rings (SSSR count). The molecule has 1 atom stereocenters. The maximum absolute atomic E-state index is 13.6. The second-order valence-corrected chi connectivity index (χ2v) is 5.63. The fourth-order valence-corrected chi connectivity index (χ4v) is 2.59. The molecular formula is C17H15F4N3O2. The molecule has 2 aromatic rings. The molecule has 0 aliphatic carbocycles. The summed E-state index contributed by atoms with van der Waals surface area (Å²) in [7, 11) is 0. The highest BCUT2D eigenvalue weighted by Gasteiger charge is 2.22. The summed E-state index contributed by atoms with van der Waals surface area (Å²) in [5, 5.41) is 3.65. The first kappa shape index (κ1) is 18.0. The van der Waals surface area contributed by atoms with E-state index in [1.54, 1.807) is 19.1 Å². The van der Waals surface area contributed by atoms with Crippen LogP contribution in [0, 0.1) is 23.5 Å². The molecule has 0 amide bonds. The van der Waals surface area contributed by atoms with Gasteiger partial charge in [0.2, 0.25) is 11.6 Å². The normalized spacial score (nSPS) is 15.8. The number of hydrogen-bond acceptors (Lipinski definition) is 5. The zero-order valence-corrected chi connectivity index (χ0v) is 13.9. The van der Waals surface area contributed by atoms with Gasteiger partial charge in [-0.2, -0.15) is 27.6 Å². The van der Waals surface area contributed by atoms with Crippen molar-refractivity contribution < 1.29 is 27.0 Å². The highest BCUT2D eigenvalue weighted by Crippen LogP contribution is 2.34. The maximum Gasteiger partial charge on any atom is 0.254 e. The largest absolute Gasteiger partial charge is 0.493 e. The number of halogens is 4. The molecule has 1 aromatic carbocycles. The van der Waals surface area contributed by atoms with Gasteiger partial charge in [0, 0.05) is 17.5 Å². The number of anilines is 1. The Hall–Kier alpha value is -2.84. The van der Waals surface area contributed by atoms with Gasteiger partial charge in [-0.3, -0.25) is 5.43 Å². The number of fused-ring (bicyclic) bond motifs is 1. The van der Waals surface area contributed by atoms with Crippen LogP contribution < -0.4 is 14.9 Å². The summed E-state index contributed by atoms with van der Waals surface area (Å²) in [5.41, 5.74) is 2.33. The Labute approximate surface area is 146 Å². The maximum atomic E-state index is 13.6. The van der Waals surface area contributed by atoms with Crippen LogP contribution in [0.2, 0.25) is 0 Å². The Kier molecular flexibility index (Phi) is 4.97. The number of aromatic nitrogens is 1. The number of hydrogen-bond donors (Lipinski definition) is 1. The Bertz CT molecular complexity index is 848. The van der Waals surface area contributed by atoms with Crippen molar-refractivity contribution in [2.45, 2.75) is 26.4 Å². The molecular weight excluding hydrogens is 354 g/mol. The highest BCUT2D eigenvalue weighted by atomic mass is 19.2. The molecule has 5 nitrogen and oxygen atoms in total. The van der Waals surface area contributed by atoms with Crippen LogP contribution in [0.15, 0.2) is 17.2 Å². The fraction of sp³-hybridized carbons (Fsp3) is 0.294. The summed E-state index contributed by atoms with van der Waals surface area (Å²) >= 11 is 0. The first-order valence-electron chi connectivity index (χ1n) is 7.86. The number of hydrazone groups is 1. The highest BCUT2D eigenvalue weighted by molar-refractivity contribution is 5.85. The van der Waals surface area contributed by atoms with E-state index >= 15 is 0 Å². The van der Waals surface area contributed by atoms with E-state index in [9.17, 15) is 17.6 Å². The van der Waals surface area contributed by atoms with E-state index < -0.39 is 29.2 Å². The fourth-order valence-electron chi connectivity index (χ4n) is 2.59. The van der Waals surface area contributed by atoms with Crippen LogP contribution in [0.4, 0.5) is 23.2 Å². The van der Waals surface area contributed by atoms with Crippen molar-refractivity contribution >= 4 is 11.9 Å². The van der Waals surface area contributed by atoms with Crippen molar-refractivity contribution in [1.82, 2.24) is 4.98 Å². The van der Waals surface area contributed by atoms with E-state index in [0.29, 0.717) is 23.7 Å². The third-order valence-electron chi connectivity index (χ3n) is 3.71. The van der Waals surface area contributed by atoms with Gasteiger partial charge in [0.05, 0.1) is 12.8 Å². The molecule has 2 heterocycles. The summed E-state index contributed by atoms with van der Waals surface area (Å²) in [4.78, 5) is 2.47. The molecule has 0 saturated carbocycles. The first-order chi connectivity index (χ1) is 12.4. The van der Waals surface area contributed by atoms with Crippen molar-refractivity contribution in [3.05, 3.63) is 46.8 Å². The summed E-state index contributed by atoms with van der Waals surface area (Å²) in [5.74, 6) is -5.72. The molecule has 1 N–H and O–H groups in total. The van der Waals surface area contributed by atoms with E-state index in [0.717, 1.165) is 12.0 Å².